The van der Waals surface area contributed by atoms with Crippen molar-refractivity contribution in [2.45, 2.75) is 16.4 Å². The van der Waals surface area contributed by atoms with Crippen LogP contribution < -0.4 is 5.32 Å². The van der Waals surface area contributed by atoms with Gasteiger partial charge in [-0.2, -0.15) is 13.2 Å². The number of nitrogens with zero attached hydrogens (tertiary/aromatic N) is 1. The van der Waals surface area contributed by atoms with Crippen LogP contribution >= 0.6 is 11.8 Å². The summed E-state index contributed by atoms with van der Waals surface area (Å²) in [7, 11) is 3.82. The first-order valence-electron chi connectivity index (χ1n) is 7.61. The Balaban J connectivity index is 2.10. The van der Waals surface area contributed by atoms with E-state index >= 15 is 0 Å². The van der Waals surface area contributed by atoms with Gasteiger partial charge < -0.3 is 10.2 Å². The SMILES string of the molecule is CN(C)CC(NC(=O)c1ccc(SC(F)(F)F)cc1)c1ccccc1. The first-order chi connectivity index (χ1) is 11.7. The lowest BCUT2D eigenvalue weighted by molar-refractivity contribution is -0.0328. The van der Waals surface area contributed by atoms with Crippen LogP contribution in [0.3, 0.4) is 0 Å². The fraction of sp³-hybridized carbons (Fsp3) is 0.278. The standard InChI is InChI=1S/C18H19F3N2OS/c1-23(2)12-16(13-6-4-3-5-7-13)22-17(24)14-8-10-15(11-9-14)25-18(19,20)21/h3-11,16H,12H2,1-2H3,(H,22,24). The van der Waals surface area contributed by atoms with E-state index in [2.05, 4.69) is 5.32 Å². The molecule has 1 amide bonds. The maximum Gasteiger partial charge on any atom is 0.446 e. The zero-order chi connectivity index (χ0) is 18.4. The normalized spacial score (nSPS) is 12.9. The molecule has 0 fully saturated rings. The van der Waals surface area contributed by atoms with E-state index < -0.39 is 5.51 Å². The van der Waals surface area contributed by atoms with Crippen molar-refractivity contribution < 1.29 is 18.0 Å². The molecule has 2 rings (SSSR count). The van der Waals surface area contributed by atoms with Crippen molar-refractivity contribution in [1.82, 2.24) is 10.2 Å². The summed E-state index contributed by atoms with van der Waals surface area (Å²) in [4.78, 5) is 14.5. The van der Waals surface area contributed by atoms with Gasteiger partial charge in [0.2, 0.25) is 0 Å². The van der Waals surface area contributed by atoms with Crippen LogP contribution in [0.1, 0.15) is 22.0 Å². The number of carbonyl (C=O) groups excluding carboxylic acids is 1. The highest BCUT2D eigenvalue weighted by Crippen LogP contribution is 2.36. The van der Waals surface area contributed by atoms with Crippen molar-refractivity contribution in [2.24, 2.45) is 0 Å². The molecule has 0 aliphatic heterocycles. The molecule has 1 N–H and O–H groups in total. The number of alkyl halides is 3. The zero-order valence-corrected chi connectivity index (χ0v) is 14.7. The van der Waals surface area contributed by atoms with Crippen LogP contribution in [-0.2, 0) is 0 Å². The molecule has 0 heterocycles. The van der Waals surface area contributed by atoms with Crippen molar-refractivity contribution in [2.75, 3.05) is 20.6 Å². The second kappa shape index (κ2) is 8.40. The van der Waals surface area contributed by atoms with Gasteiger partial charge in [0, 0.05) is 17.0 Å². The quantitative estimate of drug-likeness (QED) is 0.770. The Morgan fingerprint density at radius 2 is 1.68 bits per heavy atom. The molecule has 0 aliphatic rings. The molecule has 25 heavy (non-hydrogen) atoms. The summed E-state index contributed by atoms with van der Waals surface area (Å²) in [5.41, 5.74) is -3.05. The fourth-order valence-corrected chi connectivity index (χ4v) is 2.87. The molecule has 1 atom stereocenters. The molecule has 0 aromatic heterocycles. The predicted molar refractivity (Wildman–Crippen MR) is 93.6 cm³/mol. The van der Waals surface area contributed by atoms with Crippen LogP contribution in [0, 0.1) is 0 Å². The van der Waals surface area contributed by atoms with Crippen molar-refractivity contribution in [3.8, 4) is 0 Å². The second-order valence-corrected chi connectivity index (χ2v) is 6.91. The number of thioether (sulfide) groups is 1. The number of likely N-dealkylation sites (N-methyl/N-ethyl adjacent to an activating group) is 1. The third-order valence-corrected chi connectivity index (χ3v) is 4.14. The van der Waals surface area contributed by atoms with E-state index in [1.54, 1.807) is 0 Å². The molecular formula is C18H19F3N2OS. The Morgan fingerprint density at radius 3 is 2.20 bits per heavy atom. The molecule has 134 valence electrons. The van der Waals surface area contributed by atoms with Gasteiger partial charge in [-0.15, -0.1) is 0 Å². The van der Waals surface area contributed by atoms with Crippen molar-refractivity contribution in [3.63, 3.8) is 0 Å². The number of benzene rings is 2. The molecule has 3 nitrogen and oxygen atoms in total. The maximum absolute atomic E-state index is 12.4. The third-order valence-electron chi connectivity index (χ3n) is 3.41. The average molecular weight is 368 g/mol. The summed E-state index contributed by atoms with van der Waals surface area (Å²) in [5, 5.41) is 2.94. The van der Waals surface area contributed by atoms with Gasteiger partial charge in [0.15, 0.2) is 0 Å². The highest BCUT2D eigenvalue weighted by molar-refractivity contribution is 8.00. The van der Waals surface area contributed by atoms with Crippen LogP contribution in [0.5, 0.6) is 0 Å². The summed E-state index contributed by atoms with van der Waals surface area (Å²) in [6, 6.07) is 14.7. The van der Waals surface area contributed by atoms with Gasteiger partial charge in [-0.3, -0.25) is 4.79 Å². The minimum Gasteiger partial charge on any atom is -0.344 e. The molecule has 1 unspecified atom stereocenters. The van der Waals surface area contributed by atoms with Crippen LogP contribution in [0.15, 0.2) is 59.5 Å². The van der Waals surface area contributed by atoms with Crippen molar-refractivity contribution >= 4 is 17.7 Å². The number of amides is 1. The van der Waals surface area contributed by atoms with Gasteiger partial charge in [-0.1, -0.05) is 30.3 Å². The number of hydrogen-bond donors (Lipinski definition) is 1. The van der Waals surface area contributed by atoms with E-state index in [1.807, 2.05) is 49.3 Å². The first kappa shape index (κ1) is 19.3. The Bertz CT molecular complexity index is 688. The van der Waals surface area contributed by atoms with E-state index in [0.29, 0.717) is 12.1 Å². The lowest BCUT2D eigenvalue weighted by Crippen LogP contribution is -2.35. The number of hydrogen-bond acceptors (Lipinski definition) is 3. The van der Waals surface area contributed by atoms with Gasteiger partial charge in [-0.05, 0) is 55.7 Å². The van der Waals surface area contributed by atoms with E-state index in [1.165, 1.54) is 24.3 Å². The number of nitrogens with one attached hydrogen (secondary N) is 1. The predicted octanol–water partition coefficient (Wildman–Crippen LogP) is 4.33. The van der Waals surface area contributed by atoms with Gasteiger partial charge >= 0.3 is 5.51 Å². The monoisotopic (exact) mass is 368 g/mol. The smallest absolute Gasteiger partial charge is 0.344 e. The number of rotatable bonds is 6. The van der Waals surface area contributed by atoms with Crippen LogP contribution in [0.2, 0.25) is 0 Å². The van der Waals surface area contributed by atoms with Crippen LogP contribution in [0.4, 0.5) is 13.2 Å². The third kappa shape index (κ3) is 6.43. The van der Waals surface area contributed by atoms with E-state index in [-0.39, 0.29) is 28.6 Å². The Kier molecular flexibility index (Phi) is 6.50. The minimum atomic E-state index is -4.34. The number of halogens is 3. The molecule has 0 aliphatic carbocycles. The lowest BCUT2D eigenvalue weighted by atomic mass is 10.1. The summed E-state index contributed by atoms with van der Waals surface area (Å²) in [6.07, 6.45) is 0. The zero-order valence-electron chi connectivity index (χ0n) is 13.9. The average Bonchev–Trinajstić information content (AvgIpc) is 2.54. The minimum absolute atomic E-state index is 0.0527. The highest BCUT2D eigenvalue weighted by atomic mass is 32.2. The molecule has 0 radical (unpaired) electrons. The summed E-state index contributed by atoms with van der Waals surface area (Å²) >= 11 is -0.198. The topological polar surface area (TPSA) is 32.3 Å². The van der Waals surface area contributed by atoms with Gasteiger partial charge in [0.05, 0.1) is 6.04 Å². The highest BCUT2D eigenvalue weighted by Gasteiger charge is 2.29. The molecule has 2 aromatic carbocycles. The second-order valence-electron chi connectivity index (χ2n) is 5.77. The fourth-order valence-electron chi connectivity index (χ4n) is 2.33. The van der Waals surface area contributed by atoms with Gasteiger partial charge in [-0.25, -0.2) is 0 Å². The molecule has 0 spiro atoms. The Hall–Kier alpha value is -1.99. The van der Waals surface area contributed by atoms with Crippen LogP contribution in [-0.4, -0.2) is 37.0 Å². The maximum atomic E-state index is 12.4. The van der Waals surface area contributed by atoms with Crippen molar-refractivity contribution in [1.29, 1.82) is 0 Å². The summed E-state index contributed by atoms with van der Waals surface area (Å²) in [6.45, 7) is 0.609. The van der Waals surface area contributed by atoms with E-state index in [4.69, 9.17) is 0 Å². The largest absolute Gasteiger partial charge is 0.446 e. The molecule has 0 bridgehead atoms. The van der Waals surface area contributed by atoms with Crippen molar-refractivity contribution in [3.05, 3.63) is 65.7 Å². The van der Waals surface area contributed by atoms with Gasteiger partial charge in [0.1, 0.15) is 0 Å². The first-order valence-corrected chi connectivity index (χ1v) is 8.42. The molecule has 7 heteroatoms. The summed E-state index contributed by atoms with van der Waals surface area (Å²) in [5.74, 6) is -0.320. The molecular weight excluding hydrogens is 349 g/mol. The summed E-state index contributed by atoms with van der Waals surface area (Å²) < 4.78 is 37.1. The Morgan fingerprint density at radius 1 is 1.08 bits per heavy atom. The van der Waals surface area contributed by atoms with Crippen LogP contribution in [0.25, 0.3) is 0 Å². The Labute approximate surface area is 149 Å². The van der Waals surface area contributed by atoms with Gasteiger partial charge in [0.25, 0.3) is 5.91 Å². The lowest BCUT2D eigenvalue weighted by Gasteiger charge is -2.23. The van der Waals surface area contributed by atoms with E-state index in [0.717, 1.165) is 5.56 Å². The molecule has 0 saturated carbocycles. The number of carbonyl (C=O) groups is 1. The van der Waals surface area contributed by atoms with E-state index in [9.17, 15) is 18.0 Å². The molecule has 2 aromatic rings. The molecule has 0 saturated heterocycles.